The Balaban J connectivity index is 3.07. The lowest BCUT2D eigenvalue weighted by Gasteiger charge is -2.17. The number of hydrogen-bond acceptors (Lipinski definition) is 3. The Kier molecular flexibility index (Phi) is 3.30. The van der Waals surface area contributed by atoms with E-state index in [-0.39, 0.29) is 17.8 Å². The second-order valence-electron chi connectivity index (χ2n) is 3.06. The SMILES string of the molecule is C[C@H](N)[C@@H](N)c1cccc(Br)c1O. The molecule has 1 rings (SSSR count). The molecule has 1 aromatic carbocycles. The molecule has 1 aromatic rings. The van der Waals surface area contributed by atoms with Gasteiger partial charge in [0, 0.05) is 17.6 Å². The van der Waals surface area contributed by atoms with E-state index < -0.39 is 0 Å². The monoisotopic (exact) mass is 244 g/mol. The van der Waals surface area contributed by atoms with Gasteiger partial charge >= 0.3 is 0 Å². The van der Waals surface area contributed by atoms with Crippen LogP contribution in [0, 0.1) is 0 Å². The van der Waals surface area contributed by atoms with Crippen molar-refractivity contribution >= 4 is 15.9 Å². The molecule has 5 N–H and O–H groups in total. The van der Waals surface area contributed by atoms with Crippen molar-refractivity contribution in [3.05, 3.63) is 28.2 Å². The topological polar surface area (TPSA) is 72.3 Å². The third kappa shape index (κ3) is 2.21. The number of benzene rings is 1. The van der Waals surface area contributed by atoms with E-state index in [2.05, 4.69) is 15.9 Å². The molecular weight excluding hydrogens is 232 g/mol. The van der Waals surface area contributed by atoms with E-state index in [1.54, 1.807) is 12.1 Å². The first-order valence-electron chi connectivity index (χ1n) is 4.02. The minimum Gasteiger partial charge on any atom is -0.506 e. The Bertz CT molecular complexity index is 302. The molecule has 0 aliphatic rings. The van der Waals surface area contributed by atoms with Crippen molar-refractivity contribution in [1.29, 1.82) is 0 Å². The largest absolute Gasteiger partial charge is 0.506 e. The van der Waals surface area contributed by atoms with Crippen LogP contribution in [0.4, 0.5) is 0 Å². The van der Waals surface area contributed by atoms with Gasteiger partial charge in [-0.05, 0) is 28.9 Å². The molecule has 0 radical (unpaired) electrons. The van der Waals surface area contributed by atoms with Crippen molar-refractivity contribution < 1.29 is 5.11 Å². The number of phenolic OH excluding ortho intramolecular Hbond substituents is 1. The normalized spacial score (nSPS) is 15.4. The third-order valence-corrected chi connectivity index (χ3v) is 2.58. The molecule has 0 aromatic heterocycles. The van der Waals surface area contributed by atoms with Gasteiger partial charge in [-0.2, -0.15) is 0 Å². The number of nitrogens with two attached hydrogens (primary N) is 2. The van der Waals surface area contributed by atoms with E-state index in [4.69, 9.17) is 11.5 Å². The van der Waals surface area contributed by atoms with Crippen LogP contribution in [0.15, 0.2) is 22.7 Å². The third-order valence-electron chi connectivity index (χ3n) is 1.94. The van der Waals surface area contributed by atoms with Gasteiger partial charge in [0.25, 0.3) is 0 Å². The first kappa shape index (κ1) is 10.5. The van der Waals surface area contributed by atoms with E-state index in [0.29, 0.717) is 10.0 Å². The average molecular weight is 245 g/mol. The fourth-order valence-electron chi connectivity index (χ4n) is 1.08. The fourth-order valence-corrected chi connectivity index (χ4v) is 1.47. The molecule has 0 saturated carbocycles. The highest BCUT2D eigenvalue weighted by molar-refractivity contribution is 9.10. The van der Waals surface area contributed by atoms with Crippen molar-refractivity contribution in [3.63, 3.8) is 0 Å². The van der Waals surface area contributed by atoms with Crippen molar-refractivity contribution in [2.45, 2.75) is 19.0 Å². The van der Waals surface area contributed by atoms with Crippen LogP contribution in [-0.2, 0) is 0 Å². The number of phenols is 1. The number of aromatic hydroxyl groups is 1. The van der Waals surface area contributed by atoms with Crippen LogP contribution in [0.1, 0.15) is 18.5 Å². The Hall–Kier alpha value is -0.580. The van der Waals surface area contributed by atoms with Crippen LogP contribution in [0.2, 0.25) is 0 Å². The molecule has 0 fully saturated rings. The molecule has 0 saturated heterocycles. The number of para-hydroxylation sites is 1. The predicted molar refractivity (Wildman–Crippen MR) is 56.4 cm³/mol. The van der Waals surface area contributed by atoms with Crippen molar-refractivity contribution in [2.75, 3.05) is 0 Å². The van der Waals surface area contributed by atoms with Crippen LogP contribution in [0.25, 0.3) is 0 Å². The smallest absolute Gasteiger partial charge is 0.134 e. The van der Waals surface area contributed by atoms with Gasteiger partial charge in [0.15, 0.2) is 0 Å². The quantitative estimate of drug-likeness (QED) is 0.739. The maximum atomic E-state index is 9.63. The lowest BCUT2D eigenvalue weighted by molar-refractivity contribution is 0.450. The molecule has 0 amide bonds. The summed E-state index contributed by atoms with van der Waals surface area (Å²) in [4.78, 5) is 0. The predicted octanol–water partition coefficient (Wildman–Crippen LogP) is 1.50. The summed E-state index contributed by atoms with van der Waals surface area (Å²) in [5.41, 5.74) is 12.1. The average Bonchev–Trinajstić information content (AvgIpc) is 2.08. The summed E-state index contributed by atoms with van der Waals surface area (Å²) in [6.45, 7) is 1.81. The van der Waals surface area contributed by atoms with Gasteiger partial charge in [-0.3, -0.25) is 0 Å². The van der Waals surface area contributed by atoms with E-state index in [0.717, 1.165) is 0 Å². The molecule has 0 bridgehead atoms. The van der Waals surface area contributed by atoms with Crippen LogP contribution in [-0.4, -0.2) is 11.1 Å². The minimum atomic E-state index is -0.336. The second kappa shape index (κ2) is 4.09. The van der Waals surface area contributed by atoms with E-state index in [1.807, 2.05) is 13.0 Å². The van der Waals surface area contributed by atoms with Crippen molar-refractivity contribution in [1.82, 2.24) is 0 Å². The Morgan fingerprint density at radius 1 is 1.38 bits per heavy atom. The van der Waals surface area contributed by atoms with Crippen LogP contribution in [0.3, 0.4) is 0 Å². The molecule has 0 unspecified atom stereocenters. The zero-order chi connectivity index (χ0) is 10.0. The van der Waals surface area contributed by atoms with Crippen LogP contribution in [0.5, 0.6) is 5.75 Å². The lowest BCUT2D eigenvalue weighted by atomic mass is 10.0. The van der Waals surface area contributed by atoms with Gasteiger partial charge in [-0.15, -0.1) is 0 Å². The zero-order valence-electron chi connectivity index (χ0n) is 7.37. The number of halogens is 1. The molecule has 0 heterocycles. The van der Waals surface area contributed by atoms with Gasteiger partial charge in [0.05, 0.1) is 4.47 Å². The molecule has 3 nitrogen and oxygen atoms in total. The standard InChI is InChI=1S/C9H13BrN2O/c1-5(11)8(12)6-3-2-4-7(10)9(6)13/h2-5,8,13H,11-12H2,1H3/t5-,8+/m0/s1. The molecule has 0 aliphatic carbocycles. The maximum Gasteiger partial charge on any atom is 0.134 e. The van der Waals surface area contributed by atoms with Crippen molar-refractivity contribution in [3.8, 4) is 5.75 Å². The number of rotatable bonds is 2. The van der Waals surface area contributed by atoms with Gasteiger partial charge < -0.3 is 16.6 Å². The lowest BCUT2D eigenvalue weighted by Crippen LogP contribution is -2.31. The molecule has 0 spiro atoms. The van der Waals surface area contributed by atoms with E-state index in [9.17, 15) is 5.11 Å². The van der Waals surface area contributed by atoms with Crippen LogP contribution < -0.4 is 11.5 Å². The first-order valence-corrected chi connectivity index (χ1v) is 4.82. The second-order valence-corrected chi connectivity index (χ2v) is 3.92. The summed E-state index contributed by atoms with van der Waals surface area (Å²) in [6, 6.07) is 4.83. The van der Waals surface area contributed by atoms with Gasteiger partial charge in [-0.1, -0.05) is 12.1 Å². The highest BCUT2D eigenvalue weighted by Gasteiger charge is 2.15. The van der Waals surface area contributed by atoms with E-state index in [1.165, 1.54) is 0 Å². The zero-order valence-corrected chi connectivity index (χ0v) is 8.95. The Morgan fingerprint density at radius 2 is 2.00 bits per heavy atom. The Morgan fingerprint density at radius 3 is 2.54 bits per heavy atom. The van der Waals surface area contributed by atoms with Gasteiger partial charge in [0.2, 0.25) is 0 Å². The highest BCUT2D eigenvalue weighted by Crippen LogP contribution is 2.31. The van der Waals surface area contributed by atoms with E-state index >= 15 is 0 Å². The summed E-state index contributed by atoms with van der Waals surface area (Å²) >= 11 is 3.22. The first-order chi connectivity index (χ1) is 6.04. The molecule has 72 valence electrons. The highest BCUT2D eigenvalue weighted by atomic mass is 79.9. The van der Waals surface area contributed by atoms with Crippen molar-refractivity contribution in [2.24, 2.45) is 11.5 Å². The maximum absolute atomic E-state index is 9.63. The minimum absolute atomic E-state index is 0.173. The van der Waals surface area contributed by atoms with Crippen LogP contribution >= 0.6 is 15.9 Å². The summed E-state index contributed by atoms with van der Waals surface area (Å²) in [6.07, 6.45) is 0. The summed E-state index contributed by atoms with van der Waals surface area (Å²) in [5.74, 6) is 0.173. The Labute approximate surface area is 85.9 Å². The molecule has 0 aliphatic heterocycles. The molecular formula is C9H13BrN2O. The fraction of sp³-hybridized carbons (Fsp3) is 0.333. The summed E-state index contributed by atoms with van der Waals surface area (Å²) in [7, 11) is 0. The summed E-state index contributed by atoms with van der Waals surface area (Å²) < 4.78 is 0.640. The summed E-state index contributed by atoms with van der Waals surface area (Å²) in [5, 5.41) is 9.63. The molecule has 4 heteroatoms. The van der Waals surface area contributed by atoms with Gasteiger partial charge in [-0.25, -0.2) is 0 Å². The van der Waals surface area contributed by atoms with Gasteiger partial charge in [0.1, 0.15) is 5.75 Å². The number of hydrogen-bond donors (Lipinski definition) is 3. The molecule has 13 heavy (non-hydrogen) atoms. The molecule has 2 atom stereocenters.